The van der Waals surface area contributed by atoms with E-state index in [1.165, 1.54) is 24.3 Å². The highest BCUT2D eigenvalue weighted by Gasteiger charge is 2.33. The van der Waals surface area contributed by atoms with Crippen molar-refractivity contribution in [2.45, 2.75) is 38.3 Å². The topological polar surface area (TPSA) is 53.5 Å². The van der Waals surface area contributed by atoms with E-state index in [1.54, 1.807) is 54.9 Å². The first kappa shape index (κ1) is 44.6. The van der Waals surface area contributed by atoms with Gasteiger partial charge in [0.05, 0.1) is 22.5 Å². The Morgan fingerprint density at radius 2 is 0.846 bits per heavy atom. The number of aromatic nitrogens is 2. The van der Waals surface area contributed by atoms with E-state index in [4.69, 9.17) is 14.0 Å². The van der Waals surface area contributed by atoms with Crippen molar-refractivity contribution in [2.24, 2.45) is 0 Å². The summed E-state index contributed by atoms with van der Waals surface area (Å²) in [6, 6.07) is 51.5. The summed E-state index contributed by atoms with van der Waals surface area (Å²) < 4.78 is 100. The number of nitrogens with zero attached hydrogens (tertiary/aromatic N) is 2. The summed E-state index contributed by atoms with van der Waals surface area (Å²) in [4.78, 5) is 8.97. The molecule has 0 saturated heterocycles. The summed E-state index contributed by atoms with van der Waals surface area (Å²) in [6.07, 6.45) is -7.28. The first-order valence-electron chi connectivity index (χ1n) is 20.8. The minimum Gasteiger partial charge on any atom is -0.457 e. The Morgan fingerprint density at radius 1 is 0.446 bits per heavy atom. The molecule has 0 aliphatic heterocycles. The van der Waals surface area contributed by atoms with Gasteiger partial charge in [-0.15, -0.1) is 0 Å². The third kappa shape index (κ3) is 11.1. The Kier molecular flexibility index (Phi) is 13.3. The summed E-state index contributed by atoms with van der Waals surface area (Å²) in [5, 5.41) is 0. The molecule has 0 radical (unpaired) electrons. The molecule has 13 heteroatoms. The van der Waals surface area contributed by atoms with Gasteiger partial charge in [0.25, 0.3) is 0 Å². The van der Waals surface area contributed by atoms with Crippen LogP contribution in [0.25, 0.3) is 11.1 Å². The Bertz CT molecular complexity index is 2760. The molecule has 324 valence electrons. The van der Waals surface area contributed by atoms with E-state index in [2.05, 4.69) is 34.2 Å². The number of pyridine rings is 2. The number of alkyl halides is 6. The zero-order valence-corrected chi connectivity index (χ0v) is 35.2. The van der Waals surface area contributed by atoms with Gasteiger partial charge in [0.1, 0.15) is 23.7 Å². The smallest absolute Gasteiger partial charge is 0.416 e. The van der Waals surface area contributed by atoms with Crippen molar-refractivity contribution in [2.75, 3.05) is 0 Å². The normalized spacial score (nSPS) is 12.6. The van der Waals surface area contributed by atoms with Crippen molar-refractivity contribution in [3.05, 3.63) is 234 Å². The van der Waals surface area contributed by atoms with Crippen LogP contribution in [0.5, 0.6) is 11.5 Å². The van der Waals surface area contributed by atoms with Crippen molar-refractivity contribution in [1.82, 2.24) is 9.97 Å². The van der Waals surface area contributed by atoms with Crippen LogP contribution in [-0.2, 0) is 21.7 Å². The quantitative estimate of drug-likeness (QED) is 0.0805. The van der Waals surface area contributed by atoms with Crippen LogP contribution in [0.4, 0.5) is 26.3 Å². The molecule has 0 aliphatic rings. The van der Waals surface area contributed by atoms with Crippen LogP contribution in [0.1, 0.15) is 51.4 Å². The van der Waals surface area contributed by atoms with Gasteiger partial charge >= 0.3 is 26.2 Å². The van der Waals surface area contributed by atoms with Crippen LogP contribution in [0.2, 0.25) is 6.82 Å². The van der Waals surface area contributed by atoms with Crippen molar-refractivity contribution in [3.8, 4) is 22.6 Å². The van der Waals surface area contributed by atoms with Gasteiger partial charge in [-0.3, -0.25) is 9.97 Å². The summed E-state index contributed by atoms with van der Waals surface area (Å²) in [5.41, 5.74) is 6.24. The molecule has 0 fully saturated rings. The second-order valence-electron chi connectivity index (χ2n) is 15.5. The van der Waals surface area contributed by atoms with Gasteiger partial charge in [-0.05, 0) is 118 Å². The first-order valence-corrected chi connectivity index (χ1v) is 20.8. The highest BCUT2D eigenvalue weighted by Crippen LogP contribution is 2.34. The van der Waals surface area contributed by atoms with Gasteiger partial charge < -0.3 is 14.0 Å². The van der Waals surface area contributed by atoms with Crippen LogP contribution in [0, 0.1) is 6.92 Å². The highest BCUT2D eigenvalue weighted by atomic mass is 19.4. The molecule has 0 bridgehead atoms. The van der Waals surface area contributed by atoms with Crippen molar-refractivity contribution in [3.63, 3.8) is 0 Å². The molecule has 0 N–H and O–H groups in total. The number of benzene rings is 6. The second kappa shape index (κ2) is 19.4. The number of hydrogen-bond donors (Lipinski definition) is 0. The van der Waals surface area contributed by atoms with Gasteiger partial charge in [0, 0.05) is 12.4 Å². The molecule has 0 saturated carbocycles. The van der Waals surface area contributed by atoms with Crippen LogP contribution < -0.4 is 21.1 Å². The Morgan fingerprint density at radius 3 is 1.26 bits per heavy atom. The molecule has 8 aromatic rings. The molecule has 65 heavy (non-hydrogen) atoms. The van der Waals surface area contributed by atoms with Gasteiger partial charge in [-0.2, -0.15) is 26.3 Å². The van der Waals surface area contributed by atoms with Crippen LogP contribution in [-0.4, -0.2) is 23.8 Å². The molecule has 0 spiro atoms. The standard InChI is InChI=1S/C52H40B2F6N2O3/c1-35-9-11-36(12-10-35)37-17-23-43(24-18-37)54(65-50(48-8-4-6-34-62-48)39-15-21-41(22-16-39)52(58,59)60)44-27-31-46(32-28-44)63-45-29-25-42(26-30-45)53(2)64-49(47-7-3-5-33-61-47)38-13-19-40(20-14-38)51(55,56)57/h3-34,49-50H,1-2H3. The summed E-state index contributed by atoms with van der Waals surface area (Å²) in [6.45, 7) is 2.74. The van der Waals surface area contributed by atoms with Crippen molar-refractivity contribution in [1.29, 1.82) is 0 Å². The maximum Gasteiger partial charge on any atom is 0.416 e. The van der Waals surface area contributed by atoms with Crippen LogP contribution in [0.3, 0.4) is 0 Å². The van der Waals surface area contributed by atoms with E-state index < -0.39 is 49.5 Å². The zero-order valence-electron chi connectivity index (χ0n) is 35.2. The second-order valence-corrected chi connectivity index (χ2v) is 15.5. The SMILES string of the molecule is CB(OC(c1ccc(C(F)(F)F)cc1)c1ccccn1)c1ccc(Oc2ccc(B(OC(c3ccc(C(F)(F)F)cc3)c3ccccn3)c3ccc(-c4ccc(C)cc4)cc3)cc2)cc1. The average Bonchev–Trinajstić information content (AvgIpc) is 3.32. The average molecular weight is 877 g/mol. The molecule has 0 amide bonds. The summed E-state index contributed by atoms with van der Waals surface area (Å²) >= 11 is 0. The predicted octanol–water partition coefficient (Wildman–Crippen LogP) is 11.8. The molecular weight excluding hydrogens is 836 g/mol. The third-order valence-corrected chi connectivity index (χ3v) is 11.0. The zero-order chi connectivity index (χ0) is 45.6. The van der Waals surface area contributed by atoms with Gasteiger partial charge in [0.2, 0.25) is 0 Å². The lowest BCUT2D eigenvalue weighted by molar-refractivity contribution is -0.138. The van der Waals surface area contributed by atoms with Gasteiger partial charge in [-0.25, -0.2) is 0 Å². The number of hydrogen-bond acceptors (Lipinski definition) is 5. The Balaban J connectivity index is 1.03. The molecular formula is C52H40B2F6N2O3. The lowest BCUT2D eigenvalue weighted by atomic mass is 9.55. The molecule has 5 nitrogen and oxygen atoms in total. The lowest BCUT2D eigenvalue weighted by Gasteiger charge is -2.25. The first-order chi connectivity index (χ1) is 31.3. The van der Waals surface area contributed by atoms with Gasteiger partial charge in [0.15, 0.2) is 0 Å². The predicted molar refractivity (Wildman–Crippen MR) is 243 cm³/mol. The minimum atomic E-state index is -4.49. The Hall–Kier alpha value is -6.95. The number of halogens is 6. The summed E-state index contributed by atoms with van der Waals surface area (Å²) in [7, 11) is 0. The molecule has 6 aromatic carbocycles. The van der Waals surface area contributed by atoms with Gasteiger partial charge in [-0.1, -0.05) is 122 Å². The van der Waals surface area contributed by atoms with E-state index >= 15 is 0 Å². The third-order valence-electron chi connectivity index (χ3n) is 11.0. The van der Waals surface area contributed by atoms with E-state index in [9.17, 15) is 26.3 Å². The fourth-order valence-corrected chi connectivity index (χ4v) is 7.41. The van der Waals surface area contributed by atoms with E-state index in [0.717, 1.165) is 57.3 Å². The number of rotatable bonds is 14. The maximum atomic E-state index is 13.6. The number of aryl methyl sites for hydroxylation is 1. The van der Waals surface area contributed by atoms with Crippen LogP contribution in [0.15, 0.2) is 194 Å². The summed E-state index contributed by atoms with van der Waals surface area (Å²) in [5.74, 6) is 1.09. The minimum absolute atomic E-state index is 0.474. The van der Waals surface area contributed by atoms with Crippen molar-refractivity contribution < 1.29 is 40.4 Å². The largest absolute Gasteiger partial charge is 0.457 e. The van der Waals surface area contributed by atoms with Crippen LogP contribution >= 0.6 is 0 Å². The number of ether oxygens (including phenoxy) is 1. The molecule has 8 rings (SSSR count). The van der Waals surface area contributed by atoms with Crippen molar-refractivity contribution >= 4 is 30.2 Å². The van der Waals surface area contributed by atoms with E-state index in [1.807, 2.05) is 80.5 Å². The molecule has 2 aromatic heterocycles. The molecule has 0 aliphatic carbocycles. The van der Waals surface area contributed by atoms with E-state index in [-0.39, 0.29) is 0 Å². The van der Waals surface area contributed by atoms with E-state index in [0.29, 0.717) is 34.0 Å². The fraction of sp³-hybridized carbons (Fsp3) is 0.115. The maximum absolute atomic E-state index is 13.6. The lowest BCUT2D eigenvalue weighted by Crippen LogP contribution is -2.46. The molecule has 2 heterocycles. The Labute approximate surface area is 374 Å². The highest BCUT2D eigenvalue weighted by molar-refractivity contribution is 6.80. The fourth-order valence-electron chi connectivity index (χ4n) is 7.41. The molecule has 2 unspecified atom stereocenters. The monoisotopic (exact) mass is 876 g/mol. The molecule has 2 atom stereocenters.